The van der Waals surface area contributed by atoms with E-state index in [2.05, 4.69) is 0 Å². The second-order valence-corrected chi connectivity index (χ2v) is 3.92. The lowest BCUT2D eigenvalue weighted by Gasteiger charge is -2.18. The average molecular weight is 253 g/mol. The van der Waals surface area contributed by atoms with E-state index in [0.29, 0.717) is 38.5 Å². The fourth-order valence-electron chi connectivity index (χ4n) is 1.73. The summed E-state index contributed by atoms with van der Waals surface area (Å²) in [5.41, 5.74) is 1.98. The molecule has 7 heteroatoms. The molecule has 18 heavy (non-hydrogen) atoms. The molecule has 1 aromatic rings. The summed E-state index contributed by atoms with van der Waals surface area (Å²) in [6.45, 7) is 1.83. The SMILES string of the molecule is NNC(=O)c1ccc(CN2CCOCCC2=O)o1. The maximum absolute atomic E-state index is 11.7. The number of hydrazine groups is 1. The van der Waals surface area contributed by atoms with Crippen LogP contribution in [-0.2, 0) is 16.1 Å². The van der Waals surface area contributed by atoms with E-state index in [9.17, 15) is 9.59 Å². The lowest BCUT2D eigenvalue weighted by atomic mass is 10.3. The van der Waals surface area contributed by atoms with Gasteiger partial charge in [0.15, 0.2) is 5.76 Å². The summed E-state index contributed by atoms with van der Waals surface area (Å²) in [6.07, 6.45) is 0.372. The molecule has 7 nitrogen and oxygen atoms in total. The molecule has 0 saturated carbocycles. The third-order valence-electron chi connectivity index (χ3n) is 2.68. The minimum Gasteiger partial charge on any atom is -0.454 e. The maximum Gasteiger partial charge on any atom is 0.300 e. The van der Waals surface area contributed by atoms with Crippen LogP contribution in [0.4, 0.5) is 0 Å². The smallest absolute Gasteiger partial charge is 0.300 e. The number of rotatable bonds is 3. The molecule has 2 heterocycles. The molecule has 1 aliphatic rings. The van der Waals surface area contributed by atoms with Gasteiger partial charge in [0.1, 0.15) is 5.76 Å². The quantitative estimate of drug-likeness (QED) is 0.435. The molecule has 0 atom stereocenters. The van der Waals surface area contributed by atoms with E-state index in [1.807, 2.05) is 5.43 Å². The van der Waals surface area contributed by atoms with Crippen molar-refractivity contribution in [1.82, 2.24) is 10.3 Å². The Morgan fingerprint density at radius 2 is 2.28 bits per heavy atom. The van der Waals surface area contributed by atoms with Gasteiger partial charge in [0.05, 0.1) is 26.2 Å². The third kappa shape index (κ3) is 2.88. The van der Waals surface area contributed by atoms with Crippen LogP contribution in [0.1, 0.15) is 22.7 Å². The fourth-order valence-corrected chi connectivity index (χ4v) is 1.73. The topological polar surface area (TPSA) is 97.8 Å². The summed E-state index contributed by atoms with van der Waals surface area (Å²) >= 11 is 0. The van der Waals surface area contributed by atoms with Crippen molar-refractivity contribution in [1.29, 1.82) is 0 Å². The molecule has 0 spiro atoms. The van der Waals surface area contributed by atoms with Crippen molar-refractivity contribution in [3.63, 3.8) is 0 Å². The lowest BCUT2D eigenvalue weighted by Crippen LogP contribution is -2.31. The van der Waals surface area contributed by atoms with Crippen LogP contribution in [0.25, 0.3) is 0 Å². The number of carbonyl (C=O) groups excluding carboxylic acids is 2. The first-order chi connectivity index (χ1) is 8.70. The molecule has 2 rings (SSSR count). The van der Waals surface area contributed by atoms with Crippen LogP contribution >= 0.6 is 0 Å². The Morgan fingerprint density at radius 1 is 1.44 bits per heavy atom. The normalized spacial score (nSPS) is 16.5. The zero-order chi connectivity index (χ0) is 13.0. The summed E-state index contributed by atoms with van der Waals surface area (Å²) in [7, 11) is 0. The molecule has 0 aromatic carbocycles. The molecule has 98 valence electrons. The predicted octanol–water partition coefficient (Wildman–Crippen LogP) is -0.368. The highest BCUT2D eigenvalue weighted by molar-refractivity contribution is 5.90. The number of nitrogens with one attached hydrogen (secondary N) is 1. The molecule has 1 aromatic heterocycles. The van der Waals surface area contributed by atoms with Crippen LogP contribution in [0.5, 0.6) is 0 Å². The van der Waals surface area contributed by atoms with Gasteiger partial charge in [0, 0.05) is 6.54 Å². The zero-order valence-electron chi connectivity index (χ0n) is 9.85. The monoisotopic (exact) mass is 253 g/mol. The van der Waals surface area contributed by atoms with Crippen LogP contribution in [0, 0.1) is 0 Å². The first kappa shape index (κ1) is 12.6. The van der Waals surface area contributed by atoms with Crippen LogP contribution in [0.3, 0.4) is 0 Å². The summed E-state index contributed by atoms with van der Waals surface area (Å²) < 4.78 is 10.5. The molecule has 0 unspecified atom stereocenters. The highest BCUT2D eigenvalue weighted by Gasteiger charge is 2.19. The van der Waals surface area contributed by atoms with Gasteiger partial charge >= 0.3 is 5.91 Å². The van der Waals surface area contributed by atoms with E-state index in [1.54, 1.807) is 11.0 Å². The Labute approximate surface area is 104 Å². The van der Waals surface area contributed by atoms with Gasteiger partial charge in [-0.05, 0) is 12.1 Å². The maximum atomic E-state index is 11.7. The molecule has 1 saturated heterocycles. The fraction of sp³-hybridized carbons (Fsp3) is 0.455. The van der Waals surface area contributed by atoms with Gasteiger partial charge in [0.2, 0.25) is 5.91 Å². The number of ether oxygens (including phenoxy) is 1. The first-order valence-corrected chi connectivity index (χ1v) is 5.66. The summed E-state index contributed by atoms with van der Waals surface area (Å²) in [4.78, 5) is 24.6. The number of hydrogen-bond donors (Lipinski definition) is 2. The van der Waals surface area contributed by atoms with Crippen molar-refractivity contribution in [3.8, 4) is 0 Å². The Kier molecular flexibility index (Phi) is 3.96. The first-order valence-electron chi connectivity index (χ1n) is 5.66. The molecule has 0 bridgehead atoms. The number of carbonyl (C=O) groups is 2. The summed E-state index contributed by atoms with van der Waals surface area (Å²) in [5.74, 6) is 5.20. The van der Waals surface area contributed by atoms with Crippen molar-refractivity contribution in [3.05, 3.63) is 23.7 Å². The summed E-state index contributed by atoms with van der Waals surface area (Å²) in [5, 5.41) is 0. The number of amides is 2. The zero-order valence-corrected chi connectivity index (χ0v) is 9.85. The minimum absolute atomic E-state index is 0.0220. The van der Waals surface area contributed by atoms with Gasteiger partial charge in [-0.25, -0.2) is 5.84 Å². The van der Waals surface area contributed by atoms with Crippen molar-refractivity contribution >= 4 is 11.8 Å². The number of hydrogen-bond acceptors (Lipinski definition) is 5. The Bertz CT molecular complexity index is 443. The van der Waals surface area contributed by atoms with Crippen molar-refractivity contribution in [2.75, 3.05) is 19.8 Å². The van der Waals surface area contributed by atoms with Crippen molar-refractivity contribution in [2.24, 2.45) is 5.84 Å². The molecule has 0 radical (unpaired) electrons. The van der Waals surface area contributed by atoms with Gasteiger partial charge in [-0.15, -0.1) is 0 Å². The van der Waals surface area contributed by atoms with Gasteiger partial charge in [-0.1, -0.05) is 0 Å². The molecule has 1 aliphatic heterocycles. The van der Waals surface area contributed by atoms with Crippen molar-refractivity contribution < 1.29 is 18.7 Å². The van der Waals surface area contributed by atoms with E-state index in [0.717, 1.165) is 0 Å². The van der Waals surface area contributed by atoms with Gasteiger partial charge in [-0.2, -0.15) is 0 Å². The Balaban J connectivity index is 2.01. The molecule has 3 N–H and O–H groups in total. The van der Waals surface area contributed by atoms with Crippen LogP contribution < -0.4 is 11.3 Å². The van der Waals surface area contributed by atoms with Gasteiger partial charge in [0.25, 0.3) is 0 Å². The van der Waals surface area contributed by atoms with Crippen LogP contribution in [0.15, 0.2) is 16.5 Å². The van der Waals surface area contributed by atoms with Crippen LogP contribution in [0.2, 0.25) is 0 Å². The van der Waals surface area contributed by atoms with Gasteiger partial charge in [-0.3, -0.25) is 15.0 Å². The van der Waals surface area contributed by atoms with Crippen molar-refractivity contribution in [2.45, 2.75) is 13.0 Å². The molecule has 2 amide bonds. The number of furan rings is 1. The molecule has 0 aliphatic carbocycles. The second-order valence-electron chi connectivity index (χ2n) is 3.92. The highest BCUT2D eigenvalue weighted by Crippen LogP contribution is 2.12. The van der Waals surface area contributed by atoms with E-state index in [-0.39, 0.29) is 11.7 Å². The largest absolute Gasteiger partial charge is 0.454 e. The van der Waals surface area contributed by atoms with Crippen LogP contribution in [-0.4, -0.2) is 36.5 Å². The standard InChI is InChI=1S/C11H15N3O4/c12-13-11(16)9-2-1-8(18-9)7-14-4-6-17-5-3-10(14)15/h1-2H,3-7,12H2,(H,13,16). The van der Waals surface area contributed by atoms with Gasteiger partial charge < -0.3 is 14.1 Å². The lowest BCUT2D eigenvalue weighted by molar-refractivity contribution is -0.131. The number of nitrogen functional groups attached to an aromatic ring is 1. The molecular formula is C11H15N3O4. The molecule has 1 fully saturated rings. The molecular weight excluding hydrogens is 238 g/mol. The van der Waals surface area contributed by atoms with E-state index >= 15 is 0 Å². The summed E-state index contributed by atoms with van der Waals surface area (Å²) in [6, 6.07) is 3.18. The number of nitrogens with zero attached hydrogens (tertiary/aromatic N) is 1. The minimum atomic E-state index is -0.494. The van der Waals surface area contributed by atoms with E-state index in [1.165, 1.54) is 6.07 Å². The second kappa shape index (κ2) is 5.65. The highest BCUT2D eigenvalue weighted by atomic mass is 16.5. The number of nitrogens with two attached hydrogens (primary N) is 1. The van der Waals surface area contributed by atoms with E-state index in [4.69, 9.17) is 15.0 Å². The Hall–Kier alpha value is -1.86. The third-order valence-corrected chi connectivity index (χ3v) is 2.68. The average Bonchev–Trinajstić information content (AvgIpc) is 2.75. The van der Waals surface area contributed by atoms with E-state index < -0.39 is 5.91 Å². The Morgan fingerprint density at radius 3 is 3.06 bits per heavy atom. The predicted molar refractivity (Wildman–Crippen MR) is 61.2 cm³/mol.